The van der Waals surface area contributed by atoms with Crippen molar-refractivity contribution < 1.29 is 9.84 Å². The lowest BCUT2D eigenvalue weighted by molar-refractivity contribution is 0.190. The number of hydrogen-bond donors (Lipinski definition) is 1. The first kappa shape index (κ1) is 12.9. The normalized spacial score (nSPS) is 12.2. The largest absolute Gasteiger partial charge is 0.489 e. The molecule has 2 nitrogen and oxygen atoms in total. The number of aliphatic hydroxyl groups is 1. The van der Waals surface area contributed by atoms with Crippen molar-refractivity contribution >= 4 is 11.6 Å². The molecule has 0 saturated heterocycles. The molecular formula is C15H15ClO2. The third kappa shape index (κ3) is 3.25. The van der Waals surface area contributed by atoms with Gasteiger partial charge in [-0.25, -0.2) is 0 Å². The van der Waals surface area contributed by atoms with Crippen molar-refractivity contribution in [2.45, 2.75) is 19.6 Å². The van der Waals surface area contributed by atoms with Gasteiger partial charge < -0.3 is 9.84 Å². The smallest absolute Gasteiger partial charge is 0.125 e. The number of aliphatic hydroxyl groups excluding tert-OH is 1. The Balaban J connectivity index is 2.08. The van der Waals surface area contributed by atoms with Crippen LogP contribution in [0, 0.1) is 0 Å². The number of halogens is 1. The second-order valence-electron chi connectivity index (χ2n) is 4.13. The highest BCUT2D eigenvalue weighted by Gasteiger charge is 2.08. The van der Waals surface area contributed by atoms with Crippen molar-refractivity contribution in [1.82, 2.24) is 0 Å². The van der Waals surface area contributed by atoms with Crippen LogP contribution in [-0.4, -0.2) is 5.11 Å². The maximum atomic E-state index is 9.64. The third-order valence-corrected chi connectivity index (χ3v) is 2.93. The molecule has 0 spiro atoms. The highest BCUT2D eigenvalue weighted by molar-refractivity contribution is 6.30. The number of ether oxygens (including phenoxy) is 1. The minimum absolute atomic E-state index is 0.459. The zero-order valence-electron chi connectivity index (χ0n) is 10.1. The molecule has 0 aromatic heterocycles. The third-order valence-electron chi connectivity index (χ3n) is 2.68. The van der Waals surface area contributed by atoms with Gasteiger partial charge in [0.1, 0.15) is 12.4 Å². The van der Waals surface area contributed by atoms with Crippen LogP contribution in [0.5, 0.6) is 5.75 Å². The number of benzene rings is 2. The molecule has 3 heteroatoms. The van der Waals surface area contributed by atoms with Crippen LogP contribution in [0.2, 0.25) is 5.02 Å². The predicted octanol–water partition coefficient (Wildman–Crippen LogP) is 3.97. The van der Waals surface area contributed by atoms with Gasteiger partial charge in [0, 0.05) is 10.6 Å². The molecule has 0 heterocycles. The van der Waals surface area contributed by atoms with Crippen LogP contribution in [0.1, 0.15) is 24.2 Å². The lowest BCUT2D eigenvalue weighted by Crippen LogP contribution is -2.00. The van der Waals surface area contributed by atoms with E-state index in [-0.39, 0.29) is 0 Å². The summed E-state index contributed by atoms with van der Waals surface area (Å²) >= 11 is 5.82. The summed E-state index contributed by atoms with van der Waals surface area (Å²) in [6, 6.07) is 15.0. The molecule has 94 valence electrons. The van der Waals surface area contributed by atoms with Crippen LogP contribution in [-0.2, 0) is 6.61 Å². The minimum Gasteiger partial charge on any atom is -0.489 e. The topological polar surface area (TPSA) is 29.5 Å². The molecule has 1 atom stereocenters. The Hall–Kier alpha value is -1.51. The van der Waals surface area contributed by atoms with Gasteiger partial charge in [-0.3, -0.25) is 0 Å². The zero-order valence-corrected chi connectivity index (χ0v) is 10.9. The van der Waals surface area contributed by atoms with Crippen molar-refractivity contribution in [3.63, 3.8) is 0 Å². The van der Waals surface area contributed by atoms with E-state index in [0.717, 1.165) is 11.1 Å². The Kier molecular flexibility index (Phi) is 4.24. The van der Waals surface area contributed by atoms with E-state index in [1.54, 1.807) is 6.92 Å². The summed E-state index contributed by atoms with van der Waals surface area (Å²) in [7, 11) is 0. The van der Waals surface area contributed by atoms with Crippen LogP contribution in [0.3, 0.4) is 0 Å². The van der Waals surface area contributed by atoms with Gasteiger partial charge in [-0.15, -0.1) is 0 Å². The van der Waals surface area contributed by atoms with Crippen molar-refractivity contribution in [2.24, 2.45) is 0 Å². The SMILES string of the molecule is CC(O)c1ccccc1OCc1ccc(Cl)cc1. The van der Waals surface area contributed by atoms with Crippen LogP contribution in [0.4, 0.5) is 0 Å². The average Bonchev–Trinajstić information content (AvgIpc) is 2.38. The molecule has 0 aliphatic rings. The lowest BCUT2D eigenvalue weighted by Gasteiger charge is -2.13. The van der Waals surface area contributed by atoms with Gasteiger partial charge in [-0.2, -0.15) is 0 Å². The lowest BCUT2D eigenvalue weighted by atomic mass is 10.1. The second-order valence-corrected chi connectivity index (χ2v) is 4.57. The fraction of sp³-hybridized carbons (Fsp3) is 0.200. The molecule has 0 fully saturated rings. The molecule has 18 heavy (non-hydrogen) atoms. The van der Waals surface area contributed by atoms with Gasteiger partial charge >= 0.3 is 0 Å². The quantitative estimate of drug-likeness (QED) is 0.903. The second kappa shape index (κ2) is 5.89. The van der Waals surface area contributed by atoms with Crippen LogP contribution in [0.25, 0.3) is 0 Å². The highest BCUT2D eigenvalue weighted by Crippen LogP contribution is 2.25. The Morgan fingerprint density at radius 2 is 1.78 bits per heavy atom. The summed E-state index contributed by atoms with van der Waals surface area (Å²) in [4.78, 5) is 0. The van der Waals surface area contributed by atoms with Gasteiger partial charge in [0.25, 0.3) is 0 Å². The molecule has 2 aromatic rings. The first-order chi connectivity index (χ1) is 8.66. The number of rotatable bonds is 4. The molecule has 2 rings (SSSR count). The van der Waals surface area contributed by atoms with Gasteiger partial charge in [0.15, 0.2) is 0 Å². The Morgan fingerprint density at radius 3 is 2.44 bits per heavy atom. The molecule has 1 unspecified atom stereocenters. The van der Waals surface area contributed by atoms with Crippen molar-refractivity contribution in [3.05, 3.63) is 64.7 Å². The van der Waals surface area contributed by atoms with E-state index in [9.17, 15) is 5.11 Å². The van der Waals surface area contributed by atoms with Crippen LogP contribution < -0.4 is 4.74 Å². The van der Waals surface area contributed by atoms with Crippen molar-refractivity contribution in [1.29, 1.82) is 0 Å². The maximum absolute atomic E-state index is 9.64. The monoisotopic (exact) mass is 262 g/mol. The summed E-state index contributed by atoms with van der Waals surface area (Å²) in [5, 5.41) is 10.4. The van der Waals surface area contributed by atoms with Gasteiger partial charge in [-0.1, -0.05) is 41.9 Å². The fourth-order valence-corrected chi connectivity index (χ4v) is 1.82. The van der Waals surface area contributed by atoms with Gasteiger partial charge in [-0.05, 0) is 30.7 Å². The summed E-state index contributed by atoms with van der Waals surface area (Å²) in [6.45, 7) is 2.19. The first-order valence-electron chi connectivity index (χ1n) is 5.81. The summed E-state index contributed by atoms with van der Waals surface area (Å²) < 4.78 is 5.72. The summed E-state index contributed by atoms with van der Waals surface area (Å²) in [6.07, 6.45) is -0.536. The molecule has 0 bridgehead atoms. The van der Waals surface area contributed by atoms with Crippen molar-refractivity contribution in [3.8, 4) is 5.75 Å². The minimum atomic E-state index is -0.536. The predicted molar refractivity (Wildman–Crippen MR) is 72.9 cm³/mol. The summed E-state index contributed by atoms with van der Waals surface area (Å²) in [5.74, 6) is 0.711. The standard InChI is InChI=1S/C15H15ClO2/c1-11(17)14-4-2-3-5-15(14)18-10-12-6-8-13(16)9-7-12/h2-9,11,17H,10H2,1H3. The molecule has 1 N–H and O–H groups in total. The van der Waals surface area contributed by atoms with E-state index in [0.29, 0.717) is 17.4 Å². The Bertz CT molecular complexity index is 506. The average molecular weight is 263 g/mol. The molecule has 0 radical (unpaired) electrons. The van der Waals surface area contributed by atoms with E-state index in [4.69, 9.17) is 16.3 Å². The molecule has 0 amide bonds. The van der Waals surface area contributed by atoms with Crippen LogP contribution in [0.15, 0.2) is 48.5 Å². The molecular weight excluding hydrogens is 248 g/mol. The number of hydrogen-bond acceptors (Lipinski definition) is 2. The van der Waals surface area contributed by atoms with Gasteiger partial charge in [0.2, 0.25) is 0 Å². The van der Waals surface area contributed by atoms with E-state index >= 15 is 0 Å². The fourth-order valence-electron chi connectivity index (χ4n) is 1.70. The first-order valence-corrected chi connectivity index (χ1v) is 6.19. The van der Waals surface area contributed by atoms with Gasteiger partial charge in [0.05, 0.1) is 6.10 Å². The van der Waals surface area contributed by atoms with E-state index in [1.807, 2.05) is 48.5 Å². The van der Waals surface area contributed by atoms with Crippen LogP contribution >= 0.6 is 11.6 Å². The molecule has 2 aromatic carbocycles. The van der Waals surface area contributed by atoms with E-state index in [1.165, 1.54) is 0 Å². The Labute approximate surface area is 112 Å². The zero-order chi connectivity index (χ0) is 13.0. The maximum Gasteiger partial charge on any atom is 0.125 e. The number of para-hydroxylation sites is 1. The van der Waals surface area contributed by atoms with E-state index < -0.39 is 6.10 Å². The highest BCUT2D eigenvalue weighted by atomic mass is 35.5. The van der Waals surface area contributed by atoms with Crippen molar-refractivity contribution in [2.75, 3.05) is 0 Å². The molecule has 0 aliphatic carbocycles. The molecule has 0 aliphatic heterocycles. The summed E-state index contributed by atoms with van der Waals surface area (Å²) in [5.41, 5.74) is 1.84. The van der Waals surface area contributed by atoms with E-state index in [2.05, 4.69) is 0 Å². The Morgan fingerprint density at radius 1 is 1.11 bits per heavy atom. The molecule has 0 saturated carbocycles.